The van der Waals surface area contributed by atoms with Crippen LogP contribution in [0.4, 0.5) is 0 Å². The quantitative estimate of drug-likeness (QED) is 0.700. The Morgan fingerprint density at radius 2 is 2.33 bits per heavy atom. The van der Waals surface area contributed by atoms with Crippen LogP contribution in [0, 0.1) is 11.8 Å². The number of carbonyl (C=O) groups is 1. The topological polar surface area (TPSA) is 49.3 Å². The number of nitrogens with one attached hydrogen (secondary N) is 1. The van der Waals surface area contributed by atoms with Crippen molar-refractivity contribution in [3.8, 4) is 0 Å². The van der Waals surface area contributed by atoms with Crippen molar-refractivity contribution in [3.05, 3.63) is 12.7 Å². The molecule has 0 aliphatic heterocycles. The molecule has 3 unspecified atom stereocenters. The summed E-state index contributed by atoms with van der Waals surface area (Å²) in [4.78, 5) is 11.4. The third-order valence-electron chi connectivity index (χ3n) is 3.57. The van der Waals surface area contributed by atoms with Gasteiger partial charge in [-0.3, -0.25) is 10.1 Å². The molecule has 2 N–H and O–H groups in total. The number of aliphatic carboxylic acids is 1. The van der Waals surface area contributed by atoms with Crippen molar-refractivity contribution in [1.29, 1.82) is 0 Å². The highest BCUT2D eigenvalue weighted by Gasteiger charge is 2.45. The van der Waals surface area contributed by atoms with Gasteiger partial charge in [-0.1, -0.05) is 19.9 Å². The summed E-state index contributed by atoms with van der Waals surface area (Å²) >= 11 is 0. The predicted octanol–water partition coefficient (Wildman–Crippen LogP) is 2.04. The molecule has 1 rings (SSSR count). The molecule has 0 bridgehead atoms. The van der Waals surface area contributed by atoms with Gasteiger partial charge in [-0.2, -0.15) is 0 Å². The summed E-state index contributed by atoms with van der Waals surface area (Å²) in [6, 6.07) is 0. The van der Waals surface area contributed by atoms with E-state index in [9.17, 15) is 9.90 Å². The van der Waals surface area contributed by atoms with Crippen LogP contribution in [0.25, 0.3) is 0 Å². The monoisotopic (exact) mass is 211 g/mol. The molecule has 0 heterocycles. The van der Waals surface area contributed by atoms with E-state index in [2.05, 4.69) is 18.8 Å². The van der Waals surface area contributed by atoms with Crippen LogP contribution in [0.2, 0.25) is 0 Å². The Labute approximate surface area is 91.6 Å². The molecule has 0 amide bonds. The fourth-order valence-electron chi connectivity index (χ4n) is 2.55. The van der Waals surface area contributed by atoms with Gasteiger partial charge >= 0.3 is 5.97 Å². The van der Waals surface area contributed by atoms with Gasteiger partial charge < -0.3 is 5.11 Å². The van der Waals surface area contributed by atoms with Crippen LogP contribution in [0.15, 0.2) is 12.7 Å². The molecule has 0 saturated heterocycles. The molecule has 3 atom stereocenters. The first kappa shape index (κ1) is 12.2. The molecule has 3 nitrogen and oxygen atoms in total. The lowest BCUT2D eigenvalue weighted by atomic mass is 9.70. The zero-order chi connectivity index (χ0) is 11.5. The Hall–Kier alpha value is -0.830. The zero-order valence-electron chi connectivity index (χ0n) is 9.62. The van der Waals surface area contributed by atoms with Gasteiger partial charge in [0.15, 0.2) is 0 Å². The Morgan fingerprint density at radius 1 is 1.67 bits per heavy atom. The van der Waals surface area contributed by atoms with Gasteiger partial charge in [-0.15, -0.1) is 6.58 Å². The lowest BCUT2D eigenvalue weighted by Crippen LogP contribution is -2.58. The van der Waals surface area contributed by atoms with Crippen molar-refractivity contribution in [2.45, 2.75) is 38.6 Å². The predicted molar refractivity (Wildman–Crippen MR) is 60.7 cm³/mol. The maximum absolute atomic E-state index is 11.4. The van der Waals surface area contributed by atoms with Gasteiger partial charge in [0.1, 0.15) is 5.54 Å². The minimum atomic E-state index is -0.735. The number of hydrogen-bond donors (Lipinski definition) is 2. The van der Waals surface area contributed by atoms with Crippen LogP contribution in [-0.2, 0) is 4.79 Å². The third-order valence-corrected chi connectivity index (χ3v) is 3.57. The Kier molecular flexibility index (Phi) is 3.91. The van der Waals surface area contributed by atoms with E-state index in [1.807, 2.05) is 6.92 Å². The summed E-state index contributed by atoms with van der Waals surface area (Å²) < 4.78 is 0. The zero-order valence-corrected chi connectivity index (χ0v) is 9.62. The molecule has 15 heavy (non-hydrogen) atoms. The van der Waals surface area contributed by atoms with Crippen LogP contribution in [0.5, 0.6) is 0 Å². The number of carboxylic acids is 1. The summed E-state index contributed by atoms with van der Waals surface area (Å²) in [5.41, 5.74) is -0.735. The summed E-state index contributed by atoms with van der Waals surface area (Å²) in [7, 11) is 0. The maximum atomic E-state index is 11.4. The lowest BCUT2D eigenvalue weighted by molar-refractivity contribution is -0.149. The molecule has 1 aliphatic rings. The average Bonchev–Trinajstić information content (AvgIpc) is 2.16. The Bertz CT molecular complexity index is 252. The fourth-order valence-corrected chi connectivity index (χ4v) is 2.55. The standard InChI is InChI=1S/C12H21NO2/c1-4-7-13-12(11(14)15)6-5-9(2)8-10(12)3/h4,9-10,13H,1,5-8H2,2-3H3,(H,14,15). The van der Waals surface area contributed by atoms with Crippen LogP contribution in [0.3, 0.4) is 0 Å². The van der Waals surface area contributed by atoms with Crippen molar-refractivity contribution in [2.75, 3.05) is 6.54 Å². The highest BCUT2D eigenvalue weighted by molar-refractivity contribution is 5.79. The van der Waals surface area contributed by atoms with Crippen molar-refractivity contribution in [2.24, 2.45) is 11.8 Å². The molecule has 3 heteroatoms. The molecule has 1 saturated carbocycles. The number of hydrogen-bond acceptors (Lipinski definition) is 2. The van der Waals surface area contributed by atoms with Gasteiger partial charge in [0.2, 0.25) is 0 Å². The Balaban J connectivity index is 2.80. The minimum absolute atomic E-state index is 0.179. The molecular formula is C12H21NO2. The molecule has 0 aromatic rings. The summed E-state index contributed by atoms with van der Waals surface area (Å²) in [6.07, 6.45) is 4.41. The van der Waals surface area contributed by atoms with Crippen molar-refractivity contribution in [3.63, 3.8) is 0 Å². The van der Waals surface area contributed by atoms with Crippen molar-refractivity contribution < 1.29 is 9.90 Å². The highest BCUT2D eigenvalue weighted by Crippen LogP contribution is 2.36. The first-order valence-corrected chi connectivity index (χ1v) is 5.62. The molecule has 1 fully saturated rings. The largest absolute Gasteiger partial charge is 0.480 e. The van der Waals surface area contributed by atoms with Gasteiger partial charge in [0, 0.05) is 6.54 Å². The first-order valence-electron chi connectivity index (χ1n) is 5.62. The second-order valence-electron chi connectivity index (χ2n) is 4.73. The van der Waals surface area contributed by atoms with E-state index in [-0.39, 0.29) is 5.92 Å². The van der Waals surface area contributed by atoms with Gasteiger partial charge in [0.05, 0.1) is 0 Å². The smallest absolute Gasteiger partial charge is 0.324 e. The third kappa shape index (κ3) is 2.40. The number of rotatable bonds is 4. The van der Waals surface area contributed by atoms with Crippen LogP contribution in [0.1, 0.15) is 33.1 Å². The summed E-state index contributed by atoms with van der Waals surface area (Å²) in [6.45, 7) is 8.40. The van der Waals surface area contributed by atoms with E-state index in [4.69, 9.17) is 0 Å². The van der Waals surface area contributed by atoms with Crippen molar-refractivity contribution in [1.82, 2.24) is 5.32 Å². The maximum Gasteiger partial charge on any atom is 0.324 e. The van der Waals surface area contributed by atoms with E-state index in [1.165, 1.54) is 0 Å². The van der Waals surface area contributed by atoms with Crippen LogP contribution < -0.4 is 5.32 Å². The van der Waals surface area contributed by atoms with Crippen LogP contribution >= 0.6 is 0 Å². The normalized spacial score (nSPS) is 36.1. The van der Waals surface area contributed by atoms with E-state index in [1.54, 1.807) is 6.08 Å². The second-order valence-corrected chi connectivity index (χ2v) is 4.73. The second kappa shape index (κ2) is 4.79. The Morgan fingerprint density at radius 3 is 2.80 bits per heavy atom. The fraction of sp³-hybridized carbons (Fsp3) is 0.750. The molecule has 0 aromatic carbocycles. The SMILES string of the molecule is C=CCNC1(C(=O)O)CCC(C)CC1C. The van der Waals surface area contributed by atoms with E-state index in [0.29, 0.717) is 12.5 Å². The molecule has 1 aliphatic carbocycles. The van der Waals surface area contributed by atoms with Crippen LogP contribution in [-0.4, -0.2) is 23.2 Å². The van der Waals surface area contributed by atoms with E-state index >= 15 is 0 Å². The van der Waals surface area contributed by atoms with E-state index < -0.39 is 11.5 Å². The summed E-state index contributed by atoms with van der Waals surface area (Å²) in [5.74, 6) is 0.0976. The summed E-state index contributed by atoms with van der Waals surface area (Å²) in [5, 5.41) is 12.5. The van der Waals surface area contributed by atoms with Gasteiger partial charge in [0.25, 0.3) is 0 Å². The van der Waals surface area contributed by atoms with E-state index in [0.717, 1.165) is 19.3 Å². The molecule has 0 aromatic heterocycles. The minimum Gasteiger partial charge on any atom is -0.480 e. The van der Waals surface area contributed by atoms with Gasteiger partial charge in [-0.05, 0) is 31.1 Å². The first-order chi connectivity index (χ1) is 7.03. The molecular weight excluding hydrogens is 190 g/mol. The van der Waals surface area contributed by atoms with Crippen molar-refractivity contribution >= 4 is 5.97 Å². The molecule has 0 radical (unpaired) electrons. The molecule has 0 spiro atoms. The molecule has 86 valence electrons. The lowest BCUT2D eigenvalue weighted by Gasteiger charge is -2.42. The van der Waals surface area contributed by atoms with Gasteiger partial charge in [-0.25, -0.2) is 0 Å². The number of carboxylic acid groups (broad SMARTS) is 1. The highest BCUT2D eigenvalue weighted by atomic mass is 16.4. The average molecular weight is 211 g/mol.